The van der Waals surface area contributed by atoms with Crippen LogP contribution >= 0.6 is 23.1 Å². The summed E-state index contributed by atoms with van der Waals surface area (Å²) < 4.78 is 0. The van der Waals surface area contributed by atoms with Gasteiger partial charge in [0.1, 0.15) is 0 Å². The Balaban J connectivity index is 2.26. The molecule has 1 heterocycles. The van der Waals surface area contributed by atoms with Gasteiger partial charge in [-0.05, 0) is 25.3 Å². The standard InChI is InChI=1S/C12H11N3O3S2/c1-7-6-13-12(20-7)14-11(16)8-3-4-10(19-2)9(5-8)15(17)18/h3-6H,1-2H3,(H,13,14,16). The van der Waals surface area contributed by atoms with Gasteiger partial charge in [0.15, 0.2) is 5.13 Å². The number of carbonyl (C=O) groups excluding carboxylic acids is 1. The van der Waals surface area contributed by atoms with E-state index in [9.17, 15) is 14.9 Å². The Morgan fingerprint density at radius 1 is 1.50 bits per heavy atom. The van der Waals surface area contributed by atoms with Gasteiger partial charge in [-0.25, -0.2) is 4.98 Å². The third kappa shape index (κ3) is 3.14. The smallest absolute Gasteiger partial charge is 0.283 e. The van der Waals surface area contributed by atoms with Crippen LogP contribution in [0.15, 0.2) is 29.3 Å². The summed E-state index contributed by atoms with van der Waals surface area (Å²) in [6.45, 7) is 1.88. The molecule has 1 amide bonds. The lowest BCUT2D eigenvalue weighted by molar-refractivity contribution is -0.387. The molecule has 0 spiro atoms. The number of nitro benzene ring substituents is 1. The number of hydrogen-bond acceptors (Lipinski definition) is 6. The second kappa shape index (κ2) is 6.02. The van der Waals surface area contributed by atoms with Crippen molar-refractivity contribution in [3.05, 3.63) is 45.0 Å². The molecule has 0 aliphatic rings. The first-order chi connectivity index (χ1) is 9.51. The van der Waals surface area contributed by atoms with Gasteiger partial charge in [0.2, 0.25) is 0 Å². The van der Waals surface area contributed by atoms with Crippen molar-refractivity contribution in [2.24, 2.45) is 0 Å². The minimum atomic E-state index is -0.490. The van der Waals surface area contributed by atoms with E-state index in [-0.39, 0.29) is 11.3 Å². The van der Waals surface area contributed by atoms with Crippen molar-refractivity contribution < 1.29 is 9.72 Å². The van der Waals surface area contributed by atoms with Gasteiger partial charge in [-0.1, -0.05) is 0 Å². The normalized spacial score (nSPS) is 10.3. The molecule has 0 aliphatic carbocycles. The summed E-state index contributed by atoms with van der Waals surface area (Å²) in [5.74, 6) is -0.407. The SMILES string of the molecule is CSc1ccc(C(=O)Nc2ncc(C)s2)cc1[N+](=O)[O-]. The molecule has 1 N–H and O–H groups in total. The number of thiazole rings is 1. The Hall–Kier alpha value is -1.93. The lowest BCUT2D eigenvalue weighted by atomic mass is 10.2. The summed E-state index contributed by atoms with van der Waals surface area (Å²) in [5.41, 5.74) is 0.169. The Morgan fingerprint density at radius 3 is 2.80 bits per heavy atom. The highest BCUT2D eigenvalue weighted by molar-refractivity contribution is 7.98. The molecule has 104 valence electrons. The number of anilines is 1. The zero-order valence-electron chi connectivity index (χ0n) is 10.7. The van der Waals surface area contributed by atoms with Gasteiger partial charge in [0.25, 0.3) is 11.6 Å². The second-order valence-corrected chi connectivity index (χ2v) is 5.96. The summed E-state index contributed by atoms with van der Waals surface area (Å²) >= 11 is 2.62. The van der Waals surface area contributed by atoms with Crippen LogP contribution in [0.4, 0.5) is 10.8 Å². The number of aromatic nitrogens is 1. The van der Waals surface area contributed by atoms with Gasteiger partial charge in [-0.2, -0.15) is 0 Å². The Kier molecular flexibility index (Phi) is 4.35. The molecule has 2 rings (SSSR count). The highest BCUT2D eigenvalue weighted by Crippen LogP contribution is 2.28. The average molecular weight is 309 g/mol. The number of nitro groups is 1. The third-order valence-electron chi connectivity index (χ3n) is 2.48. The molecular weight excluding hydrogens is 298 g/mol. The van der Waals surface area contributed by atoms with Crippen molar-refractivity contribution in [1.82, 2.24) is 4.98 Å². The fourth-order valence-corrected chi connectivity index (χ4v) is 2.76. The summed E-state index contributed by atoms with van der Waals surface area (Å²) in [5, 5.41) is 14.1. The third-order valence-corrected chi connectivity index (χ3v) is 4.09. The first-order valence-corrected chi connectivity index (χ1v) is 7.61. The molecule has 2 aromatic rings. The lowest BCUT2D eigenvalue weighted by Crippen LogP contribution is -2.12. The Bertz CT molecular complexity index is 670. The molecule has 1 aromatic heterocycles. The van der Waals surface area contributed by atoms with Crippen LogP contribution in [0.1, 0.15) is 15.2 Å². The van der Waals surface area contributed by atoms with E-state index < -0.39 is 10.8 Å². The number of benzene rings is 1. The van der Waals surface area contributed by atoms with E-state index in [1.807, 2.05) is 6.92 Å². The fraction of sp³-hybridized carbons (Fsp3) is 0.167. The zero-order chi connectivity index (χ0) is 14.7. The highest BCUT2D eigenvalue weighted by atomic mass is 32.2. The average Bonchev–Trinajstić information content (AvgIpc) is 2.83. The first kappa shape index (κ1) is 14.5. The van der Waals surface area contributed by atoms with Gasteiger partial charge < -0.3 is 0 Å². The predicted octanol–water partition coefficient (Wildman–Crippen LogP) is 3.33. The number of nitrogens with zero attached hydrogens (tertiary/aromatic N) is 2. The summed E-state index contributed by atoms with van der Waals surface area (Å²) in [7, 11) is 0. The van der Waals surface area contributed by atoms with Gasteiger partial charge >= 0.3 is 0 Å². The summed E-state index contributed by atoms with van der Waals surface area (Å²) in [6, 6.07) is 4.42. The van der Waals surface area contributed by atoms with Crippen molar-refractivity contribution in [3.63, 3.8) is 0 Å². The Labute approximate surface area is 123 Å². The molecule has 0 fully saturated rings. The van der Waals surface area contributed by atoms with E-state index in [0.717, 1.165) is 4.88 Å². The topological polar surface area (TPSA) is 85.1 Å². The molecule has 1 aromatic carbocycles. The molecule has 0 bridgehead atoms. The van der Waals surface area contributed by atoms with Gasteiger partial charge in [0, 0.05) is 22.7 Å². The maximum absolute atomic E-state index is 12.0. The van der Waals surface area contributed by atoms with Crippen LogP contribution in [-0.4, -0.2) is 22.1 Å². The molecular formula is C12H11N3O3S2. The van der Waals surface area contributed by atoms with E-state index >= 15 is 0 Å². The monoisotopic (exact) mass is 309 g/mol. The molecule has 0 saturated heterocycles. The van der Waals surface area contributed by atoms with Crippen LogP contribution in [0.5, 0.6) is 0 Å². The van der Waals surface area contributed by atoms with Gasteiger partial charge in [-0.3, -0.25) is 20.2 Å². The second-order valence-electron chi connectivity index (χ2n) is 3.87. The number of amides is 1. The van der Waals surface area contributed by atoms with Crippen molar-refractivity contribution in [2.75, 3.05) is 11.6 Å². The maximum Gasteiger partial charge on any atom is 0.283 e. The van der Waals surface area contributed by atoms with Crippen LogP contribution in [0.3, 0.4) is 0 Å². The van der Waals surface area contributed by atoms with E-state index in [1.165, 1.54) is 29.2 Å². The molecule has 0 atom stereocenters. The number of aryl methyl sites for hydroxylation is 1. The molecule has 0 radical (unpaired) electrons. The highest BCUT2D eigenvalue weighted by Gasteiger charge is 2.17. The molecule has 6 nitrogen and oxygen atoms in total. The lowest BCUT2D eigenvalue weighted by Gasteiger charge is -2.04. The fourth-order valence-electron chi connectivity index (χ4n) is 1.56. The van der Waals surface area contributed by atoms with Crippen LogP contribution in [0, 0.1) is 17.0 Å². The van der Waals surface area contributed by atoms with E-state index in [2.05, 4.69) is 10.3 Å². The van der Waals surface area contributed by atoms with E-state index in [4.69, 9.17) is 0 Å². The number of carbonyl (C=O) groups is 1. The predicted molar refractivity (Wildman–Crippen MR) is 79.7 cm³/mol. The Morgan fingerprint density at radius 2 is 2.25 bits per heavy atom. The summed E-state index contributed by atoms with van der Waals surface area (Å²) in [6.07, 6.45) is 3.40. The van der Waals surface area contributed by atoms with Crippen LogP contribution in [-0.2, 0) is 0 Å². The summed E-state index contributed by atoms with van der Waals surface area (Å²) in [4.78, 5) is 28.0. The molecule has 0 aliphatic heterocycles. The maximum atomic E-state index is 12.0. The number of rotatable bonds is 4. The van der Waals surface area contributed by atoms with Crippen molar-refractivity contribution >= 4 is 39.8 Å². The molecule has 20 heavy (non-hydrogen) atoms. The number of nitrogens with one attached hydrogen (secondary N) is 1. The van der Waals surface area contributed by atoms with Crippen molar-refractivity contribution in [3.8, 4) is 0 Å². The number of thioether (sulfide) groups is 1. The molecule has 0 unspecified atom stereocenters. The molecule has 8 heteroatoms. The molecule has 0 saturated carbocycles. The van der Waals surface area contributed by atoms with Crippen molar-refractivity contribution in [1.29, 1.82) is 0 Å². The zero-order valence-corrected chi connectivity index (χ0v) is 12.4. The van der Waals surface area contributed by atoms with Gasteiger partial charge in [0.05, 0.1) is 9.82 Å². The quantitative estimate of drug-likeness (QED) is 0.532. The minimum Gasteiger partial charge on any atom is -0.298 e. The van der Waals surface area contributed by atoms with E-state index in [0.29, 0.717) is 10.0 Å². The van der Waals surface area contributed by atoms with Crippen LogP contribution in [0.25, 0.3) is 0 Å². The van der Waals surface area contributed by atoms with E-state index in [1.54, 1.807) is 24.6 Å². The van der Waals surface area contributed by atoms with Crippen molar-refractivity contribution in [2.45, 2.75) is 11.8 Å². The van der Waals surface area contributed by atoms with Gasteiger partial charge in [-0.15, -0.1) is 23.1 Å². The minimum absolute atomic E-state index is 0.0690. The largest absolute Gasteiger partial charge is 0.298 e. The van der Waals surface area contributed by atoms with Crippen LogP contribution in [0.2, 0.25) is 0 Å². The first-order valence-electron chi connectivity index (χ1n) is 5.57. The number of hydrogen-bond donors (Lipinski definition) is 1. The van der Waals surface area contributed by atoms with Crippen LogP contribution < -0.4 is 5.32 Å².